The molecule has 4 saturated heterocycles. The molecule has 16 nitrogen and oxygen atoms in total. The SMILES string of the molecule is COC(=O)N[C@H](C(=O)N1C(c2ncc(-c3ccc(-c4ccc(-c5cnc([C@@H]6CC[C@H](C)N6C(=O)[C@@H](NC(=O)OC)[C@H]6CCOC7(CC7)C6)[nH]5)cc4)cc3F)[nH]2)CC[C@@H]1C)[C@H]1CCOC2(CC2)C1. The number of carbonyl (C=O) groups is 4. The standard InChI is InChI=1S/C50H61FN8O8/c1-28-5-13-39(58(28)45(60)41(56-47(62)64-3)33-15-21-66-49(24-33)17-18-49)43-52-26-37(54-43)31-9-7-30(8-10-31)32-11-12-35(36(51)23-32)38-27-53-44(55-38)40-14-6-29(2)59(40)46(61)42(57-48(63)65-4)34-16-22-67-50(25-34)19-20-50/h7-12,23,26-29,33-34,39-42H,5-6,13-22,24-25H2,1-4H3,(H,52,54)(H,53,55)(H,56,62)(H,57,63)/t28-,29-,33-,34-,39-,40?,41-,42-/m0/s1. The number of likely N-dealkylation sites (tertiary alicyclic amines) is 2. The summed E-state index contributed by atoms with van der Waals surface area (Å²) in [6.45, 7) is 5.16. The van der Waals surface area contributed by atoms with Crippen molar-refractivity contribution in [2.45, 2.75) is 138 Å². The molecule has 6 heterocycles. The van der Waals surface area contributed by atoms with Crippen molar-refractivity contribution in [2.75, 3.05) is 27.4 Å². The van der Waals surface area contributed by atoms with Crippen LogP contribution in [0.3, 0.4) is 0 Å². The molecule has 0 radical (unpaired) electrons. The van der Waals surface area contributed by atoms with Gasteiger partial charge in [-0.25, -0.2) is 23.9 Å². The minimum absolute atomic E-state index is 0.0466. The number of aromatic nitrogens is 4. The Labute approximate surface area is 389 Å². The highest BCUT2D eigenvalue weighted by molar-refractivity contribution is 5.88. The van der Waals surface area contributed by atoms with Crippen LogP contribution in [-0.2, 0) is 28.5 Å². The third kappa shape index (κ3) is 8.92. The predicted molar refractivity (Wildman–Crippen MR) is 244 cm³/mol. The Morgan fingerprint density at radius 1 is 0.672 bits per heavy atom. The van der Waals surface area contributed by atoms with Crippen LogP contribution < -0.4 is 10.6 Å². The second-order valence-corrected chi connectivity index (χ2v) is 19.8. The van der Waals surface area contributed by atoms with Gasteiger partial charge in [0.2, 0.25) is 11.8 Å². The lowest BCUT2D eigenvalue weighted by Crippen LogP contribution is -2.55. The molecule has 356 valence electrons. The average molecular weight is 921 g/mol. The average Bonchev–Trinajstić information content (AvgIpc) is 3.87. The Hall–Kier alpha value is -5.81. The van der Waals surface area contributed by atoms with Crippen LogP contribution in [0.25, 0.3) is 33.6 Å². The fourth-order valence-electron chi connectivity index (χ4n) is 11.4. The van der Waals surface area contributed by atoms with Gasteiger partial charge in [0, 0.05) is 30.9 Å². The number of nitrogens with one attached hydrogen (secondary N) is 4. The summed E-state index contributed by atoms with van der Waals surface area (Å²) >= 11 is 0. The van der Waals surface area contributed by atoms with Crippen molar-refractivity contribution in [3.8, 4) is 33.6 Å². The van der Waals surface area contributed by atoms with E-state index in [1.54, 1.807) is 18.5 Å². The van der Waals surface area contributed by atoms with E-state index in [9.17, 15) is 19.2 Å². The second-order valence-electron chi connectivity index (χ2n) is 19.8. The largest absolute Gasteiger partial charge is 0.453 e. The molecular formula is C50H61FN8O8. The number of halogens is 1. The van der Waals surface area contributed by atoms with Gasteiger partial charge < -0.3 is 49.3 Å². The smallest absolute Gasteiger partial charge is 0.407 e. The van der Waals surface area contributed by atoms with Gasteiger partial charge in [0.25, 0.3) is 0 Å². The summed E-state index contributed by atoms with van der Waals surface area (Å²) in [6, 6.07) is 10.6. The number of imidazole rings is 2. The second kappa shape index (κ2) is 18.0. The van der Waals surface area contributed by atoms with Crippen molar-refractivity contribution in [1.29, 1.82) is 0 Å². The molecule has 2 aromatic heterocycles. The highest BCUT2D eigenvalue weighted by atomic mass is 19.1. The van der Waals surface area contributed by atoms with Crippen molar-refractivity contribution in [3.05, 3.63) is 72.3 Å². The molecular weight excluding hydrogens is 860 g/mol. The summed E-state index contributed by atoms with van der Waals surface area (Å²) in [6.07, 6.45) is 11.7. The summed E-state index contributed by atoms with van der Waals surface area (Å²) in [7, 11) is 2.61. The highest BCUT2D eigenvalue weighted by Crippen LogP contribution is 2.51. The van der Waals surface area contributed by atoms with E-state index in [1.165, 1.54) is 20.3 Å². The highest BCUT2D eigenvalue weighted by Gasteiger charge is 2.53. The molecule has 4 amide bonds. The van der Waals surface area contributed by atoms with Crippen LogP contribution in [0.15, 0.2) is 54.9 Å². The lowest BCUT2D eigenvalue weighted by Gasteiger charge is -2.38. The van der Waals surface area contributed by atoms with E-state index in [0.29, 0.717) is 67.4 Å². The van der Waals surface area contributed by atoms with Gasteiger partial charge >= 0.3 is 12.2 Å². The fraction of sp³-hybridized carbons (Fsp3) is 0.560. The topological polar surface area (TPSA) is 193 Å². The number of H-pyrrole nitrogens is 2. The van der Waals surface area contributed by atoms with Gasteiger partial charge in [0.15, 0.2) is 0 Å². The number of aromatic amines is 2. The van der Waals surface area contributed by atoms with E-state index < -0.39 is 30.1 Å². The molecule has 67 heavy (non-hydrogen) atoms. The van der Waals surface area contributed by atoms with Crippen molar-refractivity contribution in [3.63, 3.8) is 0 Å². The van der Waals surface area contributed by atoms with E-state index >= 15 is 4.39 Å². The van der Waals surface area contributed by atoms with Crippen molar-refractivity contribution < 1.29 is 42.5 Å². The number of hydrogen-bond donors (Lipinski definition) is 4. The summed E-state index contributed by atoms with van der Waals surface area (Å²) in [4.78, 5) is 73.9. The first kappa shape index (κ1) is 45.0. The Balaban J connectivity index is 0.816. The summed E-state index contributed by atoms with van der Waals surface area (Å²) < 4.78 is 38.0. The molecule has 4 aromatic rings. The molecule has 4 N–H and O–H groups in total. The molecule has 2 saturated carbocycles. The molecule has 0 bridgehead atoms. The molecule has 17 heteroatoms. The van der Waals surface area contributed by atoms with Gasteiger partial charge in [0.1, 0.15) is 29.5 Å². The van der Waals surface area contributed by atoms with Crippen LogP contribution in [0.4, 0.5) is 14.0 Å². The summed E-state index contributed by atoms with van der Waals surface area (Å²) in [5.74, 6) is 0.384. The zero-order chi connectivity index (χ0) is 46.6. The number of ether oxygens (including phenoxy) is 4. The Morgan fingerprint density at radius 3 is 1.61 bits per heavy atom. The van der Waals surface area contributed by atoms with E-state index in [0.717, 1.165) is 68.2 Å². The number of nitrogens with zero attached hydrogens (tertiary/aromatic N) is 4. The summed E-state index contributed by atoms with van der Waals surface area (Å²) in [5.41, 5.74) is 3.70. The predicted octanol–water partition coefficient (Wildman–Crippen LogP) is 7.74. The molecule has 2 spiro atoms. The molecule has 6 fully saturated rings. The third-order valence-electron chi connectivity index (χ3n) is 15.5. The monoisotopic (exact) mass is 920 g/mol. The molecule has 2 aromatic carbocycles. The van der Waals surface area contributed by atoms with Gasteiger partial charge in [-0.2, -0.15) is 0 Å². The van der Waals surface area contributed by atoms with Crippen molar-refractivity contribution >= 4 is 24.0 Å². The zero-order valence-corrected chi connectivity index (χ0v) is 38.6. The van der Waals surface area contributed by atoms with Gasteiger partial charge in [0.05, 0.1) is 61.3 Å². The van der Waals surface area contributed by atoms with Crippen LogP contribution >= 0.6 is 0 Å². The lowest BCUT2D eigenvalue weighted by atomic mass is 9.86. The Kier molecular flexibility index (Phi) is 12.1. The van der Waals surface area contributed by atoms with E-state index in [1.807, 2.05) is 54.0 Å². The third-order valence-corrected chi connectivity index (χ3v) is 15.5. The van der Waals surface area contributed by atoms with Gasteiger partial charge in [-0.05, 0) is 132 Å². The maximum Gasteiger partial charge on any atom is 0.407 e. The quantitative estimate of drug-likeness (QED) is 0.116. The molecule has 4 aliphatic heterocycles. The maximum atomic E-state index is 16.0. The Bertz CT molecular complexity index is 2500. The maximum absolute atomic E-state index is 16.0. The van der Waals surface area contributed by atoms with Crippen LogP contribution in [-0.4, -0.2) is 117 Å². The molecule has 6 aliphatic rings. The van der Waals surface area contributed by atoms with Gasteiger partial charge in [-0.3, -0.25) is 9.59 Å². The van der Waals surface area contributed by atoms with E-state index in [2.05, 4.69) is 25.6 Å². The molecule has 10 rings (SSSR count). The fourth-order valence-corrected chi connectivity index (χ4v) is 11.4. The summed E-state index contributed by atoms with van der Waals surface area (Å²) in [5, 5.41) is 5.74. The Morgan fingerprint density at radius 2 is 1.13 bits per heavy atom. The molecule has 8 atom stereocenters. The van der Waals surface area contributed by atoms with Gasteiger partial charge in [-0.1, -0.05) is 30.3 Å². The number of alkyl carbamates (subject to hydrolysis) is 2. The number of amides is 4. The lowest BCUT2D eigenvalue weighted by molar-refractivity contribution is -0.140. The first-order valence-electron chi connectivity index (χ1n) is 24.0. The first-order valence-corrected chi connectivity index (χ1v) is 24.0. The molecule has 1 unspecified atom stereocenters. The number of hydrogen-bond acceptors (Lipinski definition) is 10. The van der Waals surface area contributed by atoms with Crippen LogP contribution in [0.2, 0.25) is 0 Å². The minimum Gasteiger partial charge on any atom is -0.453 e. The number of carbonyl (C=O) groups excluding carboxylic acids is 4. The normalized spacial score (nSPS) is 26.8. The number of methoxy groups -OCH3 is 2. The van der Waals surface area contributed by atoms with Crippen molar-refractivity contribution in [2.24, 2.45) is 11.8 Å². The van der Waals surface area contributed by atoms with Crippen LogP contribution in [0.1, 0.15) is 115 Å². The van der Waals surface area contributed by atoms with Crippen LogP contribution in [0.5, 0.6) is 0 Å². The van der Waals surface area contributed by atoms with Crippen molar-refractivity contribution in [1.82, 2.24) is 40.4 Å². The zero-order valence-electron chi connectivity index (χ0n) is 38.6. The van der Waals surface area contributed by atoms with E-state index in [-0.39, 0.29) is 59.0 Å². The molecule has 2 aliphatic carbocycles. The first-order chi connectivity index (χ1) is 32.4. The number of rotatable bonds is 11. The van der Waals surface area contributed by atoms with Crippen LogP contribution in [0, 0.1) is 17.7 Å². The minimum atomic E-state index is -0.763. The number of benzene rings is 2. The van der Waals surface area contributed by atoms with E-state index in [4.69, 9.17) is 23.9 Å². The van der Waals surface area contributed by atoms with Gasteiger partial charge in [-0.15, -0.1) is 0 Å².